The number of anilines is 1. The van der Waals surface area contributed by atoms with Gasteiger partial charge in [0.15, 0.2) is 0 Å². The molecule has 1 atom stereocenters. The van der Waals surface area contributed by atoms with E-state index in [0.717, 1.165) is 17.0 Å². The summed E-state index contributed by atoms with van der Waals surface area (Å²) in [6.07, 6.45) is 3.44. The van der Waals surface area contributed by atoms with Crippen molar-refractivity contribution in [2.45, 2.75) is 12.5 Å². The van der Waals surface area contributed by atoms with Gasteiger partial charge in [-0.1, -0.05) is 0 Å². The third kappa shape index (κ3) is 3.03. The van der Waals surface area contributed by atoms with Crippen molar-refractivity contribution < 1.29 is 9.84 Å². The number of aliphatic hydroxyl groups excluding tert-OH is 1. The molecule has 0 bridgehead atoms. The lowest BCUT2D eigenvalue weighted by Crippen LogP contribution is -2.35. The minimum absolute atomic E-state index is 0.0109. The molecule has 100 valence electrons. The second kappa shape index (κ2) is 5.71. The lowest BCUT2D eigenvalue weighted by Gasteiger charge is -2.30. The van der Waals surface area contributed by atoms with Gasteiger partial charge < -0.3 is 15.2 Å². The smallest absolute Gasteiger partial charge is 0.119 e. The van der Waals surface area contributed by atoms with Crippen molar-refractivity contribution in [2.75, 3.05) is 19.0 Å². The first-order valence-electron chi connectivity index (χ1n) is 6.11. The maximum atomic E-state index is 9.69. The number of methoxy groups -OCH3 is 1. The number of hydrogen-bond donors (Lipinski definition) is 2. The molecule has 0 saturated carbocycles. The summed E-state index contributed by atoms with van der Waals surface area (Å²) in [6.45, 7) is 1.94. The number of benzene rings is 1. The van der Waals surface area contributed by atoms with Crippen LogP contribution in [0.4, 0.5) is 5.69 Å². The fourth-order valence-corrected chi connectivity index (χ4v) is 1.92. The van der Waals surface area contributed by atoms with Gasteiger partial charge in [0, 0.05) is 18.1 Å². The molecule has 1 unspecified atom stereocenters. The van der Waals surface area contributed by atoms with E-state index in [1.165, 1.54) is 0 Å². The normalized spacial score (nSPS) is 13.6. The van der Waals surface area contributed by atoms with Crippen LogP contribution in [-0.4, -0.2) is 23.8 Å². The van der Waals surface area contributed by atoms with Gasteiger partial charge in [0.2, 0.25) is 0 Å². The standard InChI is InChI=1S/C15H18N2O2/c1-15(11-18,12-7-9-16-10-8-12)17-13-3-5-14(19-2)6-4-13/h3-10,17-18H,11H2,1-2H3. The van der Waals surface area contributed by atoms with Gasteiger partial charge in [-0.3, -0.25) is 4.98 Å². The minimum atomic E-state index is -0.544. The van der Waals surface area contributed by atoms with Crippen LogP contribution in [0.3, 0.4) is 0 Å². The average Bonchev–Trinajstić information content (AvgIpc) is 2.49. The zero-order valence-electron chi connectivity index (χ0n) is 11.1. The fourth-order valence-electron chi connectivity index (χ4n) is 1.92. The van der Waals surface area contributed by atoms with E-state index < -0.39 is 5.54 Å². The molecule has 0 amide bonds. The number of ether oxygens (including phenoxy) is 1. The average molecular weight is 258 g/mol. The molecule has 0 radical (unpaired) electrons. The van der Waals surface area contributed by atoms with Gasteiger partial charge in [-0.05, 0) is 48.9 Å². The topological polar surface area (TPSA) is 54.4 Å². The molecule has 1 heterocycles. The highest BCUT2D eigenvalue weighted by Crippen LogP contribution is 2.26. The van der Waals surface area contributed by atoms with Crippen LogP contribution in [0.1, 0.15) is 12.5 Å². The molecular weight excluding hydrogens is 240 g/mol. The van der Waals surface area contributed by atoms with E-state index in [1.54, 1.807) is 19.5 Å². The third-order valence-electron chi connectivity index (χ3n) is 3.14. The molecule has 1 aromatic heterocycles. The van der Waals surface area contributed by atoms with Crippen molar-refractivity contribution in [1.29, 1.82) is 0 Å². The maximum absolute atomic E-state index is 9.69. The Morgan fingerprint density at radius 1 is 1.16 bits per heavy atom. The van der Waals surface area contributed by atoms with E-state index >= 15 is 0 Å². The minimum Gasteiger partial charge on any atom is -0.497 e. The highest BCUT2D eigenvalue weighted by atomic mass is 16.5. The molecule has 2 N–H and O–H groups in total. The Morgan fingerprint density at radius 2 is 1.79 bits per heavy atom. The molecule has 0 saturated heterocycles. The van der Waals surface area contributed by atoms with Crippen LogP contribution in [0, 0.1) is 0 Å². The quantitative estimate of drug-likeness (QED) is 0.864. The predicted molar refractivity (Wildman–Crippen MR) is 75.3 cm³/mol. The molecule has 0 spiro atoms. The van der Waals surface area contributed by atoms with Crippen LogP contribution in [0.15, 0.2) is 48.8 Å². The number of aromatic nitrogens is 1. The van der Waals surface area contributed by atoms with E-state index in [2.05, 4.69) is 10.3 Å². The maximum Gasteiger partial charge on any atom is 0.119 e. The van der Waals surface area contributed by atoms with Crippen LogP contribution in [0.25, 0.3) is 0 Å². The summed E-state index contributed by atoms with van der Waals surface area (Å²) in [5.41, 5.74) is 1.37. The summed E-state index contributed by atoms with van der Waals surface area (Å²) in [5, 5.41) is 13.0. The highest BCUT2D eigenvalue weighted by Gasteiger charge is 2.25. The Bertz CT molecular complexity index is 513. The van der Waals surface area contributed by atoms with Gasteiger partial charge in [-0.2, -0.15) is 0 Å². The lowest BCUT2D eigenvalue weighted by atomic mass is 9.93. The SMILES string of the molecule is COc1ccc(NC(C)(CO)c2ccncc2)cc1. The van der Waals surface area contributed by atoms with Crippen molar-refractivity contribution in [1.82, 2.24) is 4.98 Å². The molecule has 0 aliphatic heterocycles. The van der Waals surface area contributed by atoms with Crippen molar-refractivity contribution in [3.63, 3.8) is 0 Å². The highest BCUT2D eigenvalue weighted by molar-refractivity contribution is 5.50. The molecule has 1 aromatic carbocycles. The fraction of sp³-hybridized carbons (Fsp3) is 0.267. The number of aliphatic hydroxyl groups is 1. The van der Waals surface area contributed by atoms with Crippen LogP contribution < -0.4 is 10.1 Å². The molecule has 0 aliphatic rings. The van der Waals surface area contributed by atoms with Gasteiger partial charge >= 0.3 is 0 Å². The summed E-state index contributed by atoms with van der Waals surface area (Å²) in [6, 6.07) is 11.4. The Labute approximate surface area is 113 Å². The van der Waals surface area contributed by atoms with Gasteiger partial charge in [0.1, 0.15) is 5.75 Å². The van der Waals surface area contributed by atoms with E-state index in [1.807, 2.05) is 43.3 Å². The molecule has 0 aliphatic carbocycles. The molecule has 0 fully saturated rings. The van der Waals surface area contributed by atoms with Gasteiger partial charge in [0.25, 0.3) is 0 Å². The zero-order valence-corrected chi connectivity index (χ0v) is 11.1. The van der Waals surface area contributed by atoms with Gasteiger partial charge in [-0.25, -0.2) is 0 Å². The van der Waals surface area contributed by atoms with Gasteiger partial charge in [0.05, 0.1) is 19.3 Å². The monoisotopic (exact) mass is 258 g/mol. The number of hydrogen-bond acceptors (Lipinski definition) is 4. The number of rotatable bonds is 5. The molecule has 2 rings (SSSR count). The van der Waals surface area contributed by atoms with Crippen molar-refractivity contribution in [2.24, 2.45) is 0 Å². The summed E-state index contributed by atoms with van der Waals surface area (Å²) >= 11 is 0. The molecule has 4 heteroatoms. The molecule has 19 heavy (non-hydrogen) atoms. The van der Waals surface area contributed by atoms with Crippen LogP contribution in [-0.2, 0) is 5.54 Å². The summed E-state index contributed by atoms with van der Waals surface area (Å²) in [4.78, 5) is 4.00. The third-order valence-corrected chi connectivity index (χ3v) is 3.14. The first-order chi connectivity index (χ1) is 9.18. The number of pyridine rings is 1. The summed E-state index contributed by atoms with van der Waals surface area (Å²) in [7, 11) is 1.64. The summed E-state index contributed by atoms with van der Waals surface area (Å²) in [5.74, 6) is 0.806. The van der Waals surface area contributed by atoms with Crippen molar-refractivity contribution in [3.8, 4) is 5.75 Å². The van der Waals surface area contributed by atoms with Gasteiger partial charge in [-0.15, -0.1) is 0 Å². The van der Waals surface area contributed by atoms with Crippen molar-refractivity contribution in [3.05, 3.63) is 54.4 Å². The molecule has 2 aromatic rings. The van der Waals surface area contributed by atoms with E-state index in [4.69, 9.17) is 4.74 Å². The Balaban J connectivity index is 2.22. The second-order valence-electron chi connectivity index (χ2n) is 4.58. The Morgan fingerprint density at radius 3 is 2.32 bits per heavy atom. The largest absolute Gasteiger partial charge is 0.497 e. The second-order valence-corrected chi connectivity index (χ2v) is 4.58. The van der Waals surface area contributed by atoms with Crippen LogP contribution in [0.2, 0.25) is 0 Å². The molecular formula is C15H18N2O2. The van der Waals surface area contributed by atoms with E-state index in [9.17, 15) is 5.11 Å². The first-order valence-corrected chi connectivity index (χ1v) is 6.11. The molecule has 4 nitrogen and oxygen atoms in total. The summed E-state index contributed by atoms with van der Waals surface area (Å²) < 4.78 is 5.12. The first kappa shape index (κ1) is 13.4. The van der Waals surface area contributed by atoms with E-state index in [0.29, 0.717) is 0 Å². The van der Waals surface area contributed by atoms with Crippen LogP contribution in [0.5, 0.6) is 5.75 Å². The zero-order chi connectivity index (χ0) is 13.7. The number of nitrogens with one attached hydrogen (secondary N) is 1. The van der Waals surface area contributed by atoms with Crippen molar-refractivity contribution >= 4 is 5.69 Å². The predicted octanol–water partition coefficient (Wildman–Crippen LogP) is 2.41. The lowest BCUT2D eigenvalue weighted by molar-refractivity contribution is 0.224. The van der Waals surface area contributed by atoms with Crippen LogP contribution >= 0.6 is 0 Å². The number of nitrogens with zero attached hydrogens (tertiary/aromatic N) is 1. The van der Waals surface area contributed by atoms with E-state index in [-0.39, 0.29) is 6.61 Å². The Kier molecular flexibility index (Phi) is 4.02. The Hall–Kier alpha value is -2.07.